The molecule has 0 aromatic carbocycles. The first-order chi connectivity index (χ1) is 6.66. The summed E-state index contributed by atoms with van der Waals surface area (Å²) in [7, 11) is 0. The minimum atomic E-state index is -0.315. The van der Waals surface area contributed by atoms with Crippen LogP contribution in [0.25, 0.3) is 0 Å². The first kappa shape index (κ1) is 9.37. The summed E-state index contributed by atoms with van der Waals surface area (Å²) in [5.41, 5.74) is 0. The Morgan fingerprint density at radius 2 is 2.36 bits per heavy atom. The van der Waals surface area contributed by atoms with Gasteiger partial charge in [0.05, 0.1) is 6.20 Å². The van der Waals surface area contributed by atoms with Crippen molar-refractivity contribution in [3.8, 4) is 0 Å². The molecule has 1 unspecified atom stereocenters. The number of aryl methyl sites for hydroxylation is 1. The number of hydrogen-bond acceptors (Lipinski definition) is 3. The lowest BCUT2D eigenvalue weighted by Crippen LogP contribution is -2.22. The number of aromatic nitrogens is 2. The van der Waals surface area contributed by atoms with E-state index in [0.717, 1.165) is 19.5 Å². The predicted molar refractivity (Wildman–Crippen MR) is 52.7 cm³/mol. The van der Waals surface area contributed by atoms with E-state index < -0.39 is 0 Å². The third-order valence-electron chi connectivity index (χ3n) is 2.57. The highest BCUT2D eigenvalue weighted by molar-refractivity contribution is 5.40. The van der Waals surface area contributed by atoms with Gasteiger partial charge in [-0.05, 0) is 19.3 Å². The van der Waals surface area contributed by atoms with E-state index in [2.05, 4.69) is 16.9 Å². The molecule has 0 bridgehead atoms. The standard InChI is InChI=1S/C10H14FN3/c1-7-3-4-14(6-7)10-9(11)5-12-8(2)13-10/h5,7H,3-4,6H2,1-2H3. The lowest BCUT2D eigenvalue weighted by molar-refractivity contribution is 0.602. The molecular weight excluding hydrogens is 181 g/mol. The van der Waals surface area contributed by atoms with Crippen molar-refractivity contribution in [2.24, 2.45) is 5.92 Å². The molecule has 3 nitrogen and oxygen atoms in total. The fourth-order valence-corrected chi connectivity index (χ4v) is 1.79. The van der Waals surface area contributed by atoms with Crippen LogP contribution in [0.5, 0.6) is 0 Å². The van der Waals surface area contributed by atoms with Crippen LogP contribution in [0, 0.1) is 18.7 Å². The molecule has 14 heavy (non-hydrogen) atoms. The van der Waals surface area contributed by atoms with E-state index in [1.54, 1.807) is 6.92 Å². The van der Waals surface area contributed by atoms with Crippen LogP contribution in [0.15, 0.2) is 6.20 Å². The van der Waals surface area contributed by atoms with E-state index in [9.17, 15) is 4.39 Å². The predicted octanol–water partition coefficient (Wildman–Crippen LogP) is 1.77. The average molecular weight is 195 g/mol. The topological polar surface area (TPSA) is 29.0 Å². The van der Waals surface area contributed by atoms with Gasteiger partial charge >= 0.3 is 0 Å². The normalized spacial score (nSPS) is 21.6. The summed E-state index contributed by atoms with van der Waals surface area (Å²) in [5, 5.41) is 0. The Bertz CT molecular complexity index is 340. The van der Waals surface area contributed by atoms with E-state index >= 15 is 0 Å². The number of anilines is 1. The van der Waals surface area contributed by atoms with Gasteiger partial charge in [0.25, 0.3) is 0 Å². The van der Waals surface area contributed by atoms with Crippen LogP contribution in [-0.2, 0) is 0 Å². The Morgan fingerprint density at radius 1 is 1.57 bits per heavy atom. The molecule has 0 amide bonds. The smallest absolute Gasteiger partial charge is 0.183 e. The summed E-state index contributed by atoms with van der Waals surface area (Å²) in [4.78, 5) is 9.94. The molecule has 0 spiro atoms. The van der Waals surface area contributed by atoms with Crippen molar-refractivity contribution in [1.29, 1.82) is 0 Å². The van der Waals surface area contributed by atoms with Gasteiger partial charge in [0.2, 0.25) is 0 Å². The van der Waals surface area contributed by atoms with Gasteiger partial charge in [-0.3, -0.25) is 0 Å². The van der Waals surface area contributed by atoms with Crippen LogP contribution in [0.4, 0.5) is 10.2 Å². The molecule has 1 aromatic heterocycles. The molecule has 1 aliphatic heterocycles. The third kappa shape index (κ3) is 1.69. The summed E-state index contributed by atoms with van der Waals surface area (Å²) in [5.74, 6) is 1.40. The lowest BCUT2D eigenvalue weighted by Gasteiger charge is -2.17. The molecule has 1 aromatic rings. The molecule has 0 N–H and O–H groups in total. The molecule has 1 aliphatic rings. The molecule has 1 saturated heterocycles. The van der Waals surface area contributed by atoms with Gasteiger partial charge in [0.1, 0.15) is 5.82 Å². The van der Waals surface area contributed by atoms with Gasteiger partial charge in [-0.25, -0.2) is 14.4 Å². The van der Waals surface area contributed by atoms with Gasteiger partial charge < -0.3 is 4.90 Å². The summed E-state index contributed by atoms with van der Waals surface area (Å²) < 4.78 is 13.4. The lowest BCUT2D eigenvalue weighted by atomic mass is 10.2. The van der Waals surface area contributed by atoms with Gasteiger partial charge in [-0.15, -0.1) is 0 Å². The SMILES string of the molecule is Cc1ncc(F)c(N2CCC(C)C2)n1. The first-order valence-corrected chi connectivity index (χ1v) is 4.91. The highest BCUT2D eigenvalue weighted by atomic mass is 19.1. The van der Waals surface area contributed by atoms with Crippen molar-refractivity contribution in [3.05, 3.63) is 17.8 Å². The van der Waals surface area contributed by atoms with Crippen molar-refractivity contribution >= 4 is 5.82 Å². The van der Waals surface area contributed by atoms with Crippen LogP contribution in [0.3, 0.4) is 0 Å². The van der Waals surface area contributed by atoms with Crippen molar-refractivity contribution in [2.45, 2.75) is 20.3 Å². The fourth-order valence-electron chi connectivity index (χ4n) is 1.79. The monoisotopic (exact) mass is 195 g/mol. The second-order valence-corrected chi connectivity index (χ2v) is 3.93. The van der Waals surface area contributed by atoms with Crippen LogP contribution in [0.2, 0.25) is 0 Å². The summed E-state index contributed by atoms with van der Waals surface area (Å²) in [6.07, 6.45) is 2.36. The zero-order chi connectivity index (χ0) is 10.1. The summed E-state index contributed by atoms with van der Waals surface area (Å²) >= 11 is 0. The summed E-state index contributed by atoms with van der Waals surface area (Å²) in [6, 6.07) is 0. The molecule has 0 aliphatic carbocycles. The van der Waals surface area contributed by atoms with E-state index in [-0.39, 0.29) is 5.82 Å². The van der Waals surface area contributed by atoms with Crippen molar-refractivity contribution < 1.29 is 4.39 Å². The second kappa shape index (κ2) is 3.52. The van der Waals surface area contributed by atoms with E-state index in [4.69, 9.17) is 0 Å². The average Bonchev–Trinajstić information content (AvgIpc) is 2.56. The van der Waals surface area contributed by atoms with Crippen molar-refractivity contribution in [2.75, 3.05) is 18.0 Å². The van der Waals surface area contributed by atoms with Gasteiger partial charge in [-0.2, -0.15) is 0 Å². The maximum atomic E-state index is 13.4. The highest BCUT2D eigenvalue weighted by Crippen LogP contribution is 2.23. The molecule has 1 atom stereocenters. The Balaban J connectivity index is 2.27. The Labute approximate surface area is 83.0 Å². The minimum absolute atomic E-state index is 0.315. The first-order valence-electron chi connectivity index (χ1n) is 4.91. The van der Waals surface area contributed by atoms with Crippen molar-refractivity contribution in [3.63, 3.8) is 0 Å². The molecule has 0 radical (unpaired) electrons. The maximum absolute atomic E-state index is 13.4. The number of rotatable bonds is 1. The van der Waals surface area contributed by atoms with E-state index in [1.165, 1.54) is 6.20 Å². The number of hydrogen-bond donors (Lipinski definition) is 0. The minimum Gasteiger partial charge on any atom is -0.354 e. The largest absolute Gasteiger partial charge is 0.354 e. The Kier molecular flexibility index (Phi) is 2.35. The third-order valence-corrected chi connectivity index (χ3v) is 2.57. The molecular formula is C10H14FN3. The van der Waals surface area contributed by atoms with Crippen LogP contribution in [-0.4, -0.2) is 23.1 Å². The van der Waals surface area contributed by atoms with Crippen LogP contribution < -0.4 is 4.90 Å². The van der Waals surface area contributed by atoms with E-state index in [1.807, 2.05) is 4.90 Å². The molecule has 1 fully saturated rings. The molecule has 4 heteroatoms. The zero-order valence-corrected chi connectivity index (χ0v) is 8.50. The molecule has 0 saturated carbocycles. The quantitative estimate of drug-likeness (QED) is 0.684. The zero-order valence-electron chi connectivity index (χ0n) is 8.50. The van der Waals surface area contributed by atoms with E-state index in [0.29, 0.717) is 17.6 Å². The van der Waals surface area contributed by atoms with Gasteiger partial charge in [-0.1, -0.05) is 6.92 Å². The second-order valence-electron chi connectivity index (χ2n) is 3.93. The van der Waals surface area contributed by atoms with Gasteiger partial charge in [0.15, 0.2) is 11.6 Å². The maximum Gasteiger partial charge on any atom is 0.183 e. The molecule has 2 heterocycles. The Morgan fingerprint density at radius 3 is 3.00 bits per heavy atom. The van der Waals surface area contributed by atoms with Gasteiger partial charge in [0, 0.05) is 13.1 Å². The summed E-state index contributed by atoms with van der Waals surface area (Å²) in [6.45, 7) is 5.75. The van der Waals surface area contributed by atoms with Crippen molar-refractivity contribution in [1.82, 2.24) is 9.97 Å². The number of nitrogens with zero attached hydrogens (tertiary/aromatic N) is 3. The molecule has 2 rings (SSSR count). The highest BCUT2D eigenvalue weighted by Gasteiger charge is 2.22. The van der Waals surface area contributed by atoms with Crippen LogP contribution >= 0.6 is 0 Å². The fraction of sp³-hybridized carbons (Fsp3) is 0.600. The number of halogens is 1. The Hall–Kier alpha value is -1.19. The van der Waals surface area contributed by atoms with Crippen LogP contribution in [0.1, 0.15) is 19.2 Å². The molecule has 76 valence electrons.